The number of hydrogen-bond acceptors (Lipinski definition) is 3. The molecule has 3 atom stereocenters. The van der Waals surface area contributed by atoms with Crippen molar-refractivity contribution in [1.82, 2.24) is 20.7 Å². The highest BCUT2D eigenvalue weighted by Crippen LogP contribution is 2.34. The third-order valence-corrected chi connectivity index (χ3v) is 6.50. The molecule has 0 aliphatic carbocycles. The number of aromatic amines is 1. The number of aromatic nitrogens is 1. The molecule has 0 radical (unpaired) electrons. The van der Waals surface area contributed by atoms with E-state index in [4.69, 9.17) is 0 Å². The third-order valence-electron chi connectivity index (χ3n) is 6.50. The van der Waals surface area contributed by atoms with Crippen molar-refractivity contribution >= 4 is 16.8 Å². The molecule has 2 saturated heterocycles. The number of rotatable bonds is 3. The molecule has 1 amide bonds. The standard InChI is InChI=1S/C24H28N4O/c1-15(2)17-8-9-18-13-22(25-21(18)12-17)24(29)28-11-10-20-19(14-28)23(27-26-20)16-6-4-3-5-7-16/h3-9,12-13,15,19-20,23,25-27H,10-11,14H2,1-2H3. The second kappa shape index (κ2) is 7.32. The number of H-pyrrole nitrogens is 1. The Morgan fingerprint density at radius 1 is 1.07 bits per heavy atom. The zero-order valence-corrected chi connectivity index (χ0v) is 17.0. The molecule has 3 N–H and O–H groups in total. The summed E-state index contributed by atoms with van der Waals surface area (Å²) >= 11 is 0. The van der Waals surface area contributed by atoms with Crippen LogP contribution in [-0.4, -0.2) is 34.9 Å². The van der Waals surface area contributed by atoms with Gasteiger partial charge >= 0.3 is 0 Å². The Bertz CT molecular complexity index is 1030. The number of hydrogen-bond donors (Lipinski definition) is 3. The zero-order valence-electron chi connectivity index (χ0n) is 17.0. The first-order valence-electron chi connectivity index (χ1n) is 10.6. The van der Waals surface area contributed by atoms with E-state index < -0.39 is 0 Å². The number of carbonyl (C=O) groups excluding carboxylic acids is 1. The first-order chi connectivity index (χ1) is 14.1. The molecule has 5 heteroatoms. The van der Waals surface area contributed by atoms with E-state index in [9.17, 15) is 4.79 Å². The molecule has 0 spiro atoms. The molecule has 0 saturated carbocycles. The maximum Gasteiger partial charge on any atom is 0.270 e. The second-order valence-corrected chi connectivity index (χ2v) is 8.67. The lowest BCUT2D eigenvalue weighted by Crippen LogP contribution is -2.47. The van der Waals surface area contributed by atoms with Crippen molar-refractivity contribution in [3.8, 4) is 0 Å². The van der Waals surface area contributed by atoms with E-state index in [0.717, 1.165) is 30.4 Å². The molecule has 5 rings (SSSR count). The normalized spacial score (nSPS) is 24.2. The molecule has 2 aliphatic heterocycles. The number of hydrazine groups is 1. The summed E-state index contributed by atoms with van der Waals surface area (Å²) in [6.07, 6.45) is 0.963. The maximum atomic E-state index is 13.3. The monoisotopic (exact) mass is 388 g/mol. The van der Waals surface area contributed by atoms with Gasteiger partial charge in [-0.15, -0.1) is 0 Å². The van der Waals surface area contributed by atoms with E-state index in [1.54, 1.807) is 0 Å². The molecule has 3 heterocycles. The Morgan fingerprint density at radius 2 is 1.90 bits per heavy atom. The van der Waals surface area contributed by atoms with Crippen molar-refractivity contribution < 1.29 is 4.79 Å². The van der Waals surface area contributed by atoms with E-state index >= 15 is 0 Å². The van der Waals surface area contributed by atoms with Crippen LogP contribution in [0.4, 0.5) is 0 Å². The summed E-state index contributed by atoms with van der Waals surface area (Å²) in [4.78, 5) is 18.7. The first-order valence-corrected chi connectivity index (χ1v) is 10.6. The molecule has 2 fully saturated rings. The predicted octanol–water partition coefficient (Wildman–Crippen LogP) is 3.97. The molecule has 2 aromatic carbocycles. The van der Waals surface area contributed by atoms with Gasteiger partial charge in [0.15, 0.2) is 0 Å². The van der Waals surface area contributed by atoms with Gasteiger partial charge in [-0.3, -0.25) is 10.2 Å². The summed E-state index contributed by atoms with van der Waals surface area (Å²) < 4.78 is 0. The fourth-order valence-corrected chi connectivity index (χ4v) is 4.77. The molecular formula is C24H28N4O. The number of piperidine rings is 1. The number of nitrogens with one attached hydrogen (secondary N) is 3. The maximum absolute atomic E-state index is 13.3. The highest BCUT2D eigenvalue weighted by atomic mass is 16.2. The van der Waals surface area contributed by atoms with Gasteiger partial charge in [0.2, 0.25) is 0 Å². The van der Waals surface area contributed by atoms with Crippen LogP contribution in [-0.2, 0) is 0 Å². The van der Waals surface area contributed by atoms with Crippen LogP contribution in [0.1, 0.15) is 53.8 Å². The summed E-state index contributed by atoms with van der Waals surface area (Å²) in [5, 5.41) is 1.10. The fraction of sp³-hybridized carbons (Fsp3) is 0.375. The lowest BCUT2D eigenvalue weighted by Gasteiger charge is -2.36. The average Bonchev–Trinajstić information content (AvgIpc) is 3.36. The van der Waals surface area contributed by atoms with Crippen LogP contribution in [0.25, 0.3) is 10.9 Å². The fourth-order valence-electron chi connectivity index (χ4n) is 4.77. The predicted molar refractivity (Wildman–Crippen MR) is 116 cm³/mol. The molecule has 3 unspecified atom stereocenters. The van der Waals surface area contributed by atoms with E-state index in [-0.39, 0.29) is 11.9 Å². The largest absolute Gasteiger partial charge is 0.351 e. The molecule has 1 aromatic heterocycles. The second-order valence-electron chi connectivity index (χ2n) is 8.67. The Morgan fingerprint density at radius 3 is 2.69 bits per heavy atom. The quantitative estimate of drug-likeness (QED) is 0.636. The van der Waals surface area contributed by atoms with Crippen LogP contribution >= 0.6 is 0 Å². The Kier molecular flexibility index (Phi) is 4.64. The summed E-state index contributed by atoms with van der Waals surface area (Å²) in [5.41, 5.74) is 11.2. The van der Waals surface area contributed by atoms with Gasteiger partial charge in [-0.2, -0.15) is 0 Å². The number of fused-ring (bicyclic) bond motifs is 2. The highest BCUT2D eigenvalue weighted by Gasteiger charge is 2.41. The van der Waals surface area contributed by atoms with Crippen molar-refractivity contribution in [2.75, 3.05) is 13.1 Å². The number of amides is 1. The van der Waals surface area contributed by atoms with Gasteiger partial charge in [-0.05, 0) is 35.6 Å². The molecule has 0 bridgehead atoms. The van der Waals surface area contributed by atoms with Crippen LogP contribution in [0.5, 0.6) is 0 Å². The molecule has 150 valence electrons. The van der Waals surface area contributed by atoms with Crippen molar-refractivity contribution in [3.63, 3.8) is 0 Å². The average molecular weight is 389 g/mol. The number of likely N-dealkylation sites (tertiary alicyclic amines) is 1. The van der Waals surface area contributed by atoms with E-state index in [1.807, 2.05) is 17.0 Å². The lowest BCUT2D eigenvalue weighted by atomic mass is 9.85. The van der Waals surface area contributed by atoms with Crippen molar-refractivity contribution in [2.24, 2.45) is 5.92 Å². The van der Waals surface area contributed by atoms with E-state index in [0.29, 0.717) is 23.6 Å². The zero-order chi connectivity index (χ0) is 20.0. The number of nitrogens with zero attached hydrogens (tertiary/aromatic N) is 1. The van der Waals surface area contributed by atoms with E-state index in [1.165, 1.54) is 11.1 Å². The van der Waals surface area contributed by atoms with Crippen molar-refractivity contribution in [2.45, 2.75) is 38.3 Å². The van der Waals surface area contributed by atoms with Crippen LogP contribution < -0.4 is 10.9 Å². The summed E-state index contributed by atoms with van der Waals surface area (Å²) in [6.45, 7) is 5.92. The SMILES string of the molecule is CC(C)c1ccc2cc(C(=O)N3CCC4NNC(c5ccccc5)C4C3)[nH]c2c1. The minimum absolute atomic E-state index is 0.101. The highest BCUT2D eigenvalue weighted by molar-refractivity contribution is 5.98. The Balaban J connectivity index is 1.37. The molecule has 2 aliphatic rings. The van der Waals surface area contributed by atoms with Gasteiger partial charge in [0.05, 0.1) is 6.04 Å². The third kappa shape index (κ3) is 3.34. The minimum Gasteiger partial charge on any atom is -0.351 e. The van der Waals surface area contributed by atoms with Gasteiger partial charge in [0, 0.05) is 36.0 Å². The van der Waals surface area contributed by atoms with Gasteiger partial charge in [0.25, 0.3) is 5.91 Å². The van der Waals surface area contributed by atoms with Crippen LogP contribution in [0.15, 0.2) is 54.6 Å². The summed E-state index contributed by atoms with van der Waals surface area (Å²) in [7, 11) is 0. The van der Waals surface area contributed by atoms with Crippen molar-refractivity contribution in [1.29, 1.82) is 0 Å². The molecule has 29 heavy (non-hydrogen) atoms. The number of benzene rings is 2. The minimum atomic E-state index is 0.101. The Hall–Kier alpha value is -2.63. The molecular weight excluding hydrogens is 360 g/mol. The van der Waals surface area contributed by atoms with E-state index in [2.05, 4.69) is 72.1 Å². The van der Waals surface area contributed by atoms with Crippen molar-refractivity contribution in [3.05, 3.63) is 71.4 Å². The topological polar surface area (TPSA) is 60.2 Å². The summed E-state index contributed by atoms with van der Waals surface area (Å²) in [5.74, 6) is 0.939. The smallest absolute Gasteiger partial charge is 0.270 e. The van der Waals surface area contributed by atoms with Crippen LogP contribution in [0.3, 0.4) is 0 Å². The Labute approximate surface area is 171 Å². The van der Waals surface area contributed by atoms with Gasteiger partial charge in [-0.25, -0.2) is 5.43 Å². The van der Waals surface area contributed by atoms with Crippen LogP contribution in [0.2, 0.25) is 0 Å². The summed E-state index contributed by atoms with van der Waals surface area (Å²) in [6, 6.07) is 19.6. The first kappa shape index (κ1) is 18.4. The van der Waals surface area contributed by atoms with Gasteiger partial charge in [0.1, 0.15) is 5.69 Å². The van der Waals surface area contributed by atoms with Gasteiger partial charge in [-0.1, -0.05) is 56.3 Å². The molecule has 3 aromatic rings. The van der Waals surface area contributed by atoms with Crippen LogP contribution in [0, 0.1) is 5.92 Å². The lowest BCUT2D eigenvalue weighted by molar-refractivity contribution is 0.0647. The molecule has 5 nitrogen and oxygen atoms in total. The number of carbonyl (C=O) groups is 1. The van der Waals surface area contributed by atoms with Gasteiger partial charge < -0.3 is 9.88 Å².